The monoisotopic (exact) mass is 544 g/mol. The molecule has 12 heteroatoms. The number of carbonyl (C=O) groups is 1. The predicted octanol–water partition coefficient (Wildman–Crippen LogP) is 3.71. The van der Waals surface area contributed by atoms with Crippen LogP contribution in [0.5, 0.6) is 5.88 Å². The summed E-state index contributed by atoms with van der Waals surface area (Å²) in [7, 11) is -3.29. The van der Waals surface area contributed by atoms with Gasteiger partial charge in [-0.1, -0.05) is 29.3 Å². The Balaban J connectivity index is 1.52. The molecule has 8 nitrogen and oxygen atoms in total. The number of amides is 2. The highest BCUT2D eigenvalue weighted by Gasteiger charge is 2.42. The maximum Gasteiger partial charge on any atom is 0.320 e. The lowest BCUT2D eigenvalue weighted by molar-refractivity contribution is 0.126. The molecular weight excluding hydrogens is 518 g/mol. The van der Waals surface area contributed by atoms with Crippen molar-refractivity contribution < 1.29 is 22.3 Å². The van der Waals surface area contributed by atoms with Crippen molar-refractivity contribution in [3.63, 3.8) is 0 Å². The number of rotatable bonds is 5. The Labute approximate surface area is 214 Å². The predicted molar refractivity (Wildman–Crippen MR) is 132 cm³/mol. The fraction of sp³-hybridized carbons (Fsp3) is 0.478. The number of urea groups is 1. The Morgan fingerprint density at radius 3 is 2.40 bits per heavy atom. The smallest absolute Gasteiger partial charge is 0.320 e. The topological polar surface area (TPSA) is 83.1 Å². The zero-order valence-corrected chi connectivity index (χ0v) is 21.7. The lowest BCUT2D eigenvalue weighted by Crippen LogP contribution is -2.53. The van der Waals surface area contributed by atoms with Gasteiger partial charge in [-0.05, 0) is 30.7 Å². The normalized spacial score (nSPS) is 22.3. The van der Waals surface area contributed by atoms with Crippen LogP contribution in [0.2, 0.25) is 10.0 Å². The third kappa shape index (κ3) is 5.99. The van der Waals surface area contributed by atoms with Gasteiger partial charge in [0.15, 0.2) is 0 Å². The summed E-state index contributed by atoms with van der Waals surface area (Å²) in [6.07, 6.45) is 1.93. The maximum absolute atomic E-state index is 13.4. The minimum absolute atomic E-state index is 0.0820. The summed E-state index contributed by atoms with van der Waals surface area (Å²) in [4.78, 5) is 20.8. The lowest BCUT2D eigenvalue weighted by atomic mass is 9.86. The first-order chi connectivity index (χ1) is 16.5. The molecule has 2 saturated heterocycles. The first-order valence-corrected chi connectivity index (χ1v) is 13.9. The molecule has 4 rings (SSSR count). The molecule has 35 heavy (non-hydrogen) atoms. The highest BCUT2D eigenvalue weighted by Crippen LogP contribution is 2.38. The summed E-state index contributed by atoms with van der Waals surface area (Å²) in [6, 6.07) is 8.05. The van der Waals surface area contributed by atoms with Gasteiger partial charge in [-0.3, -0.25) is 0 Å². The molecule has 3 atom stereocenters. The maximum atomic E-state index is 13.4. The Kier molecular flexibility index (Phi) is 7.75. The summed E-state index contributed by atoms with van der Waals surface area (Å²) in [5, 5.41) is 0.875. The van der Waals surface area contributed by atoms with E-state index >= 15 is 0 Å². The van der Waals surface area contributed by atoms with E-state index in [1.165, 1.54) is 22.7 Å². The summed E-state index contributed by atoms with van der Waals surface area (Å²) < 4.78 is 44.3. The fourth-order valence-corrected chi connectivity index (χ4v) is 5.81. The average molecular weight is 545 g/mol. The van der Waals surface area contributed by atoms with E-state index in [-0.39, 0.29) is 37.1 Å². The molecule has 0 spiro atoms. The van der Waals surface area contributed by atoms with Crippen LogP contribution >= 0.6 is 23.2 Å². The van der Waals surface area contributed by atoms with Crippen molar-refractivity contribution in [1.29, 1.82) is 0 Å². The molecule has 190 valence electrons. The molecule has 0 bridgehead atoms. The van der Waals surface area contributed by atoms with Crippen LogP contribution in [-0.2, 0) is 10.0 Å². The minimum Gasteiger partial charge on any atom is -0.474 e. The number of halogens is 3. The van der Waals surface area contributed by atoms with Gasteiger partial charge in [0.2, 0.25) is 15.9 Å². The van der Waals surface area contributed by atoms with Gasteiger partial charge in [0, 0.05) is 57.2 Å². The van der Waals surface area contributed by atoms with Crippen molar-refractivity contribution in [3.8, 4) is 5.88 Å². The minimum atomic E-state index is -3.29. The number of hydrogen-bond donors (Lipinski definition) is 0. The Hall–Kier alpha value is -2.14. The third-order valence-electron chi connectivity index (χ3n) is 6.60. The number of piperazine rings is 1. The standard InChI is InChI=1S/C23H27Cl2FN4O4S/c1-15(34-22-6-4-17(26)12-27-22)18-13-29(14-19(18)16-3-5-20(24)21(25)11-16)23(31)28-7-9-30(10-8-28)35(2,32)33/h3-6,11-12,15,18-19H,7-10,13-14H2,1-2H3/t15-,18-,19-/m0/s1. The SMILES string of the molecule is C[C@H](Oc1ccc(F)cn1)[C@@H]1CN(C(=O)N2CCN(S(C)(=O)=O)CC2)C[C@H]1c1ccc(Cl)c(Cl)c1. The number of carbonyl (C=O) groups excluding carboxylic acids is 1. The molecular formula is C23H27Cl2FN4O4S. The van der Waals surface area contributed by atoms with Gasteiger partial charge in [-0.2, -0.15) is 4.31 Å². The molecule has 0 aliphatic carbocycles. The average Bonchev–Trinajstić information content (AvgIpc) is 3.27. The van der Waals surface area contributed by atoms with Crippen LogP contribution in [0.1, 0.15) is 18.4 Å². The molecule has 3 heterocycles. The Bertz CT molecular complexity index is 1180. The number of aromatic nitrogens is 1. The zero-order chi connectivity index (χ0) is 25.3. The number of hydrogen-bond acceptors (Lipinski definition) is 5. The van der Waals surface area contributed by atoms with E-state index in [1.807, 2.05) is 19.1 Å². The molecule has 1 aromatic carbocycles. The molecule has 0 saturated carbocycles. The van der Waals surface area contributed by atoms with Crippen LogP contribution in [0.25, 0.3) is 0 Å². The summed E-state index contributed by atoms with van der Waals surface area (Å²) >= 11 is 12.4. The van der Waals surface area contributed by atoms with Crippen molar-refractivity contribution in [1.82, 2.24) is 19.1 Å². The summed E-state index contributed by atoms with van der Waals surface area (Å²) in [5.41, 5.74) is 0.934. The van der Waals surface area contributed by atoms with Gasteiger partial charge in [0.05, 0.1) is 22.5 Å². The van der Waals surface area contributed by atoms with E-state index in [1.54, 1.807) is 15.9 Å². The first kappa shape index (κ1) is 25.9. The van der Waals surface area contributed by atoms with Gasteiger partial charge in [-0.25, -0.2) is 22.6 Å². The molecule has 2 amide bonds. The molecule has 0 N–H and O–H groups in total. The van der Waals surface area contributed by atoms with Gasteiger partial charge in [0.25, 0.3) is 0 Å². The van der Waals surface area contributed by atoms with Crippen molar-refractivity contribution in [2.75, 3.05) is 45.5 Å². The van der Waals surface area contributed by atoms with E-state index in [4.69, 9.17) is 27.9 Å². The summed E-state index contributed by atoms with van der Waals surface area (Å²) in [5.74, 6) is -0.331. The van der Waals surface area contributed by atoms with E-state index in [9.17, 15) is 17.6 Å². The highest BCUT2D eigenvalue weighted by atomic mass is 35.5. The molecule has 1 aromatic heterocycles. The molecule has 0 radical (unpaired) electrons. The van der Waals surface area contributed by atoms with Crippen molar-refractivity contribution in [3.05, 3.63) is 58.0 Å². The van der Waals surface area contributed by atoms with Crippen LogP contribution in [0, 0.1) is 11.7 Å². The first-order valence-electron chi connectivity index (χ1n) is 11.2. The van der Waals surface area contributed by atoms with Crippen molar-refractivity contribution in [2.45, 2.75) is 18.9 Å². The number of nitrogens with zero attached hydrogens (tertiary/aromatic N) is 4. The highest BCUT2D eigenvalue weighted by molar-refractivity contribution is 7.88. The van der Waals surface area contributed by atoms with Crippen LogP contribution in [0.3, 0.4) is 0 Å². The fourth-order valence-electron chi connectivity index (χ4n) is 4.68. The van der Waals surface area contributed by atoms with Gasteiger partial charge in [0.1, 0.15) is 11.9 Å². The second-order valence-corrected chi connectivity index (χ2v) is 11.7. The number of likely N-dealkylation sites (tertiary alicyclic amines) is 1. The summed E-state index contributed by atoms with van der Waals surface area (Å²) in [6.45, 7) is 3.98. The molecule has 2 aromatic rings. The van der Waals surface area contributed by atoms with Gasteiger partial charge < -0.3 is 14.5 Å². The molecule has 2 aliphatic heterocycles. The second kappa shape index (κ2) is 10.5. The van der Waals surface area contributed by atoms with Crippen LogP contribution < -0.4 is 4.74 Å². The quantitative estimate of drug-likeness (QED) is 0.573. The molecule has 2 aliphatic rings. The third-order valence-corrected chi connectivity index (χ3v) is 8.64. The van der Waals surface area contributed by atoms with E-state index in [2.05, 4.69) is 4.98 Å². The number of pyridine rings is 1. The Morgan fingerprint density at radius 2 is 1.80 bits per heavy atom. The van der Waals surface area contributed by atoms with E-state index in [0.717, 1.165) is 11.8 Å². The number of sulfonamides is 1. The van der Waals surface area contributed by atoms with E-state index < -0.39 is 15.8 Å². The zero-order valence-electron chi connectivity index (χ0n) is 19.4. The largest absolute Gasteiger partial charge is 0.474 e. The lowest BCUT2D eigenvalue weighted by Gasteiger charge is -2.35. The number of benzene rings is 1. The van der Waals surface area contributed by atoms with Crippen LogP contribution in [0.4, 0.5) is 9.18 Å². The van der Waals surface area contributed by atoms with Gasteiger partial charge in [-0.15, -0.1) is 0 Å². The molecule has 0 unspecified atom stereocenters. The van der Waals surface area contributed by atoms with Crippen molar-refractivity contribution in [2.24, 2.45) is 5.92 Å². The van der Waals surface area contributed by atoms with Crippen LogP contribution in [-0.4, -0.2) is 85.2 Å². The van der Waals surface area contributed by atoms with E-state index in [0.29, 0.717) is 42.1 Å². The second-order valence-electron chi connectivity index (χ2n) is 8.92. The number of ether oxygens (including phenoxy) is 1. The van der Waals surface area contributed by atoms with Crippen molar-refractivity contribution >= 4 is 39.3 Å². The van der Waals surface area contributed by atoms with Crippen LogP contribution in [0.15, 0.2) is 36.5 Å². The Morgan fingerprint density at radius 1 is 1.09 bits per heavy atom. The molecule has 2 fully saturated rings. The van der Waals surface area contributed by atoms with Gasteiger partial charge >= 0.3 is 6.03 Å².